The summed E-state index contributed by atoms with van der Waals surface area (Å²) in [5, 5.41) is 0. The molecule has 1 atom stereocenters. The molecule has 2 aliphatic rings. The molecule has 80 valence electrons. The van der Waals surface area contributed by atoms with Crippen LogP contribution in [0.3, 0.4) is 0 Å². The van der Waals surface area contributed by atoms with E-state index in [-0.39, 0.29) is 0 Å². The topological polar surface area (TPSA) is 9.23 Å². The van der Waals surface area contributed by atoms with Gasteiger partial charge < -0.3 is 4.74 Å². The molecule has 0 N–H and O–H groups in total. The summed E-state index contributed by atoms with van der Waals surface area (Å²) in [5.41, 5.74) is 1.50. The fraction of sp³-hybridized carbons (Fsp3) is 0.538. The predicted octanol–water partition coefficient (Wildman–Crippen LogP) is 3.45. The standard InChI is InChI=1S/C13H16OS/c1-2-7-13-12(6-1)10(9-15-13)8-14-11-4-3-5-11/h1-2,6-7,10-11H,3-5,8-9H2. The fourth-order valence-electron chi connectivity index (χ4n) is 2.16. The van der Waals surface area contributed by atoms with Gasteiger partial charge in [-0.05, 0) is 30.9 Å². The van der Waals surface area contributed by atoms with Gasteiger partial charge in [0.05, 0.1) is 12.7 Å². The summed E-state index contributed by atoms with van der Waals surface area (Å²) in [6.07, 6.45) is 4.49. The first kappa shape index (κ1) is 9.73. The van der Waals surface area contributed by atoms with E-state index >= 15 is 0 Å². The van der Waals surface area contributed by atoms with Crippen LogP contribution in [-0.4, -0.2) is 18.5 Å². The largest absolute Gasteiger partial charge is 0.378 e. The van der Waals surface area contributed by atoms with Crippen LogP contribution in [0.25, 0.3) is 0 Å². The molecule has 2 heteroatoms. The van der Waals surface area contributed by atoms with E-state index in [1.165, 1.54) is 35.5 Å². The molecule has 1 fully saturated rings. The van der Waals surface area contributed by atoms with E-state index in [1.54, 1.807) is 0 Å². The first-order valence-corrected chi connectivity index (χ1v) is 6.75. The fourth-order valence-corrected chi connectivity index (χ4v) is 3.39. The summed E-state index contributed by atoms with van der Waals surface area (Å²) in [4.78, 5) is 1.46. The third-order valence-electron chi connectivity index (χ3n) is 3.38. The van der Waals surface area contributed by atoms with Crippen molar-refractivity contribution in [1.29, 1.82) is 0 Å². The summed E-state index contributed by atoms with van der Waals surface area (Å²) in [5.74, 6) is 1.83. The molecule has 0 spiro atoms. The summed E-state index contributed by atoms with van der Waals surface area (Å²) in [6.45, 7) is 0.925. The highest BCUT2D eigenvalue weighted by molar-refractivity contribution is 7.99. The summed E-state index contributed by atoms with van der Waals surface area (Å²) >= 11 is 1.97. The van der Waals surface area contributed by atoms with Crippen LogP contribution in [0.5, 0.6) is 0 Å². The van der Waals surface area contributed by atoms with Gasteiger partial charge in [-0.25, -0.2) is 0 Å². The second-order valence-electron chi connectivity index (χ2n) is 4.43. The van der Waals surface area contributed by atoms with Crippen LogP contribution in [0.4, 0.5) is 0 Å². The molecule has 0 bridgehead atoms. The molecule has 1 aliphatic carbocycles. The molecule has 0 radical (unpaired) electrons. The molecule has 1 aromatic carbocycles. The molecule has 0 aromatic heterocycles. The van der Waals surface area contributed by atoms with Crippen molar-refractivity contribution in [3.63, 3.8) is 0 Å². The summed E-state index contributed by atoms with van der Waals surface area (Å²) in [7, 11) is 0. The molecule has 1 unspecified atom stereocenters. The van der Waals surface area contributed by atoms with Gasteiger partial charge in [-0.15, -0.1) is 11.8 Å². The smallest absolute Gasteiger partial charge is 0.0575 e. The number of benzene rings is 1. The highest BCUT2D eigenvalue weighted by atomic mass is 32.2. The highest BCUT2D eigenvalue weighted by Gasteiger charge is 2.25. The molecule has 15 heavy (non-hydrogen) atoms. The molecule has 1 saturated carbocycles. The van der Waals surface area contributed by atoms with Crippen LogP contribution in [0.15, 0.2) is 29.2 Å². The second-order valence-corrected chi connectivity index (χ2v) is 5.49. The normalized spacial score (nSPS) is 24.9. The van der Waals surface area contributed by atoms with Gasteiger partial charge in [0.25, 0.3) is 0 Å². The lowest BCUT2D eigenvalue weighted by Gasteiger charge is -2.27. The van der Waals surface area contributed by atoms with E-state index < -0.39 is 0 Å². The third-order valence-corrected chi connectivity index (χ3v) is 4.64. The lowest BCUT2D eigenvalue weighted by atomic mass is 9.95. The van der Waals surface area contributed by atoms with Gasteiger partial charge in [0, 0.05) is 16.6 Å². The maximum atomic E-state index is 5.91. The molecule has 1 aliphatic heterocycles. The second kappa shape index (κ2) is 4.18. The number of hydrogen-bond acceptors (Lipinski definition) is 2. The van der Waals surface area contributed by atoms with Crippen LogP contribution in [0.2, 0.25) is 0 Å². The van der Waals surface area contributed by atoms with Crippen LogP contribution in [0.1, 0.15) is 30.7 Å². The van der Waals surface area contributed by atoms with Crippen molar-refractivity contribution in [2.24, 2.45) is 0 Å². The Morgan fingerprint density at radius 3 is 2.93 bits per heavy atom. The van der Waals surface area contributed by atoms with Crippen LogP contribution >= 0.6 is 11.8 Å². The zero-order chi connectivity index (χ0) is 10.1. The van der Waals surface area contributed by atoms with E-state index in [4.69, 9.17) is 4.74 Å². The van der Waals surface area contributed by atoms with Crippen molar-refractivity contribution < 1.29 is 4.74 Å². The maximum absolute atomic E-state index is 5.91. The minimum atomic E-state index is 0.572. The van der Waals surface area contributed by atoms with Crippen LogP contribution in [-0.2, 0) is 4.74 Å². The van der Waals surface area contributed by atoms with Crippen molar-refractivity contribution in [2.75, 3.05) is 12.4 Å². The van der Waals surface area contributed by atoms with E-state index in [0.29, 0.717) is 12.0 Å². The number of rotatable bonds is 3. The molecule has 3 rings (SSSR count). The van der Waals surface area contributed by atoms with E-state index in [1.807, 2.05) is 11.8 Å². The molecular formula is C13H16OS. The van der Waals surface area contributed by atoms with Gasteiger partial charge in [-0.2, -0.15) is 0 Å². The maximum Gasteiger partial charge on any atom is 0.0575 e. The zero-order valence-corrected chi connectivity index (χ0v) is 9.63. The summed E-state index contributed by atoms with van der Waals surface area (Å²) in [6, 6.07) is 8.75. The molecular weight excluding hydrogens is 204 g/mol. The van der Waals surface area contributed by atoms with Gasteiger partial charge >= 0.3 is 0 Å². The van der Waals surface area contributed by atoms with Crippen molar-refractivity contribution >= 4 is 11.8 Å². The van der Waals surface area contributed by atoms with Gasteiger partial charge in [0.1, 0.15) is 0 Å². The Hall–Kier alpha value is -0.470. The molecule has 1 nitrogen and oxygen atoms in total. The Kier molecular flexibility index (Phi) is 2.72. The van der Waals surface area contributed by atoms with E-state index in [0.717, 1.165) is 6.61 Å². The lowest BCUT2D eigenvalue weighted by molar-refractivity contribution is -0.00263. The zero-order valence-electron chi connectivity index (χ0n) is 8.82. The van der Waals surface area contributed by atoms with Crippen molar-refractivity contribution in [2.45, 2.75) is 36.2 Å². The predicted molar refractivity (Wildman–Crippen MR) is 63.5 cm³/mol. The Labute approximate surface area is 95.2 Å². The van der Waals surface area contributed by atoms with Gasteiger partial charge in [0.15, 0.2) is 0 Å². The Morgan fingerprint density at radius 1 is 1.27 bits per heavy atom. The monoisotopic (exact) mass is 220 g/mol. The molecule has 1 heterocycles. The third kappa shape index (κ3) is 1.93. The average Bonchev–Trinajstić information content (AvgIpc) is 2.60. The van der Waals surface area contributed by atoms with E-state index in [9.17, 15) is 0 Å². The lowest BCUT2D eigenvalue weighted by Crippen LogP contribution is -2.24. The van der Waals surface area contributed by atoms with E-state index in [2.05, 4.69) is 24.3 Å². The van der Waals surface area contributed by atoms with Gasteiger partial charge in [-0.3, -0.25) is 0 Å². The minimum Gasteiger partial charge on any atom is -0.378 e. The van der Waals surface area contributed by atoms with Crippen molar-refractivity contribution in [3.05, 3.63) is 29.8 Å². The number of fused-ring (bicyclic) bond motifs is 1. The quantitative estimate of drug-likeness (QED) is 0.771. The summed E-state index contributed by atoms with van der Waals surface area (Å²) < 4.78 is 5.91. The van der Waals surface area contributed by atoms with Crippen LogP contribution in [0, 0.1) is 0 Å². The van der Waals surface area contributed by atoms with Crippen LogP contribution < -0.4 is 0 Å². The minimum absolute atomic E-state index is 0.572. The first-order valence-electron chi connectivity index (χ1n) is 5.77. The Bertz CT molecular complexity index is 346. The van der Waals surface area contributed by atoms with Crippen molar-refractivity contribution in [1.82, 2.24) is 0 Å². The molecule has 0 amide bonds. The van der Waals surface area contributed by atoms with Gasteiger partial charge in [-0.1, -0.05) is 18.2 Å². The highest BCUT2D eigenvalue weighted by Crippen LogP contribution is 2.39. The van der Waals surface area contributed by atoms with Gasteiger partial charge in [0.2, 0.25) is 0 Å². The number of hydrogen-bond donors (Lipinski definition) is 0. The van der Waals surface area contributed by atoms with Crippen molar-refractivity contribution in [3.8, 4) is 0 Å². The SMILES string of the molecule is c1ccc2c(c1)SCC2COC1CCC1. The molecule has 0 saturated heterocycles. The first-order chi connectivity index (χ1) is 7.43. The Balaban J connectivity index is 1.63. The number of ether oxygens (including phenoxy) is 1. The number of thioether (sulfide) groups is 1. The average molecular weight is 220 g/mol. The Morgan fingerprint density at radius 2 is 2.13 bits per heavy atom. The molecule has 1 aromatic rings.